The lowest BCUT2D eigenvalue weighted by Crippen LogP contribution is -2.47. The van der Waals surface area contributed by atoms with Gasteiger partial charge >= 0.3 is 0 Å². The molecule has 17 heavy (non-hydrogen) atoms. The Bertz CT molecular complexity index is 433. The Balaban J connectivity index is 1.88. The number of amides is 1. The van der Waals surface area contributed by atoms with Crippen molar-refractivity contribution < 1.29 is 4.79 Å². The van der Waals surface area contributed by atoms with Gasteiger partial charge < -0.3 is 10.6 Å². The second-order valence-corrected chi connectivity index (χ2v) is 4.18. The third-order valence-corrected chi connectivity index (χ3v) is 2.92. The first-order chi connectivity index (χ1) is 8.29. The van der Waals surface area contributed by atoms with Crippen LogP contribution in [0, 0.1) is 11.3 Å². The van der Waals surface area contributed by atoms with Crippen LogP contribution in [0.5, 0.6) is 0 Å². The Morgan fingerprint density at radius 1 is 1.41 bits per heavy atom. The zero-order valence-corrected chi connectivity index (χ0v) is 9.57. The average molecular weight is 229 g/mol. The van der Waals surface area contributed by atoms with E-state index in [-0.39, 0.29) is 11.9 Å². The van der Waals surface area contributed by atoms with Crippen LogP contribution in [0.1, 0.15) is 24.0 Å². The Kier molecular flexibility index (Phi) is 3.73. The molecule has 2 N–H and O–H groups in total. The second-order valence-electron chi connectivity index (χ2n) is 4.18. The van der Waals surface area contributed by atoms with E-state index in [2.05, 4.69) is 16.7 Å². The Morgan fingerprint density at radius 3 is 2.82 bits per heavy atom. The van der Waals surface area contributed by atoms with E-state index in [0.717, 1.165) is 24.9 Å². The van der Waals surface area contributed by atoms with E-state index < -0.39 is 0 Å². The molecule has 2 rings (SSSR count). The first kappa shape index (κ1) is 11.6. The summed E-state index contributed by atoms with van der Waals surface area (Å²) in [5.74, 6) is 0.0879. The molecule has 1 fully saturated rings. The summed E-state index contributed by atoms with van der Waals surface area (Å²) in [4.78, 5) is 11.5. The number of nitrogens with zero attached hydrogens (tertiary/aromatic N) is 1. The molecule has 1 aliphatic heterocycles. The molecule has 1 aromatic carbocycles. The molecule has 1 amide bonds. The molecular weight excluding hydrogens is 214 g/mol. The third-order valence-electron chi connectivity index (χ3n) is 2.92. The summed E-state index contributed by atoms with van der Waals surface area (Å²) >= 11 is 0. The zero-order valence-electron chi connectivity index (χ0n) is 9.57. The fourth-order valence-electron chi connectivity index (χ4n) is 1.91. The zero-order chi connectivity index (χ0) is 12.1. The lowest BCUT2D eigenvalue weighted by molar-refractivity contribution is -0.124. The topological polar surface area (TPSA) is 64.9 Å². The number of hydrogen-bond donors (Lipinski definition) is 2. The lowest BCUT2D eigenvalue weighted by Gasteiger charge is -2.22. The van der Waals surface area contributed by atoms with E-state index in [4.69, 9.17) is 5.26 Å². The van der Waals surface area contributed by atoms with Crippen molar-refractivity contribution in [1.82, 2.24) is 10.6 Å². The molecule has 1 saturated heterocycles. The van der Waals surface area contributed by atoms with Gasteiger partial charge in [0.2, 0.25) is 5.91 Å². The van der Waals surface area contributed by atoms with E-state index >= 15 is 0 Å². The van der Waals surface area contributed by atoms with Gasteiger partial charge in [-0.3, -0.25) is 4.79 Å². The fourth-order valence-corrected chi connectivity index (χ4v) is 1.91. The molecule has 0 saturated carbocycles. The summed E-state index contributed by atoms with van der Waals surface area (Å²) in [6.45, 7) is 1.44. The maximum absolute atomic E-state index is 11.5. The normalized spacial score (nSPS) is 19.5. The predicted octanol–water partition coefficient (Wildman–Crippen LogP) is 0.926. The van der Waals surface area contributed by atoms with Gasteiger partial charge in [0.25, 0.3) is 0 Å². The van der Waals surface area contributed by atoms with Crippen molar-refractivity contribution in [3.05, 3.63) is 35.4 Å². The monoisotopic (exact) mass is 229 g/mol. The van der Waals surface area contributed by atoms with Crippen molar-refractivity contribution in [1.29, 1.82) is 5.26 Å². The molecule has 1 aliphatic rings. The molecule has 0 radical (unpaired) electrons. The fraction of sp³-hybridized carbons (Fsp3) is 0.385. The summed E-state index contributed by atoms with van der Waals surface area (Å²) < 4.78 is 0. The number of hydrogen-bond acceptors (Lipinski definition) is 3. The van der Waals surface area contributed by atoms with Crippen molar-refractivity contribution in [2.75, 3.05) is 6.54 Å². The summed E-state index contributed by atoms with van der Waals surface area (Å²) in [5.41, 5.74) is 1.74. The van der Waals surface area contributed by atoms with Gasteiger partial charge in [0.1, 0.15) is 0 Å². The van der Waals surface area contributed by atoms with Gasteiger partial charge in [-0.1, -0.05) is 12.1 Å². The predicted molar refractivity (Wildman–Crippen MR) is 64.0 cm³/mol. The lowest BCUT2D eigenvalue weighted by atomic mass is 10.1. The standard InChI is InChI=1S/C13H15N3O/c14-8-10-3-5-11(6-4-10)9-16-12-2-1-7-15-13(12)17/h3-6,12,16H,1-2,7,9H2,(H,15,17). The number of nitrogens with one attached hydrogen (secondary N) is 2. The number of rotatable bonds is 3. The Hall–Kier alpha value is -1.86. The van der Waals surface area contributed by atoms with Crippen LogP contribution in [0.15, 0.2) is 24.3 Å². The summed E-state index contributed by atoms with van der Waals surface area (Å²) in [6.07, 6.45) is 1.92. The molecular formula is C13H15N3O. The van der Waals surface area contributed by atoms with Crippen LogP contribution in [0.2, 0.25) is 0 Å². The molecule has 88 valence electrons. The van der Waals surface area contributed by atoms with Crippen LogP contribution in [-0.2, 0) is 11.3 Å². The van der Waals surface area contributed by atoms with Crippen molar-refractivity contribution >= 4 is 5.91 Å². The van der Waals surface area contributed by atoms with Crippen molar-refractivity contribution in [2.45, 2.75) is 25.4 Å². The van der Waals surface area contributed by atoms with Gasteiger partial charge in [-0.25, -0.2) is 0 Å². The van der Waals surface area contributed by atoms with E-state index in [9.17, 15) is 4.79 Å². The number of piperidine rings is 1. The molecule has 1 atom stereocenters. The highest BCUT2D eigenvalue weighted by Crippen LogP contribution is 2.06. The van der Waals surface area contributed by atoms with E-state index in [1.165, 1.54) is 0 Å². The molecule has 1 unspecified atom stereocenters. The maximum atomic E-state index is 11.5. The van der Waals surface area contributed by atoms with Crippen molar-refractivity contribution in [3.63, 3.8) is 0 Å². The van der Waals surface area contributed by atoms with Crippen LogP contribution in [0.3, 0.4) is 0 Å². The Labute approximate surface area is 101 Å². The first-order valence-electron chi connectivity index (χ1n) is 5.80. The second kappa shape index (κ2) is 5.46. The number of benzene rings is 1. The number of carbonyl (C=O) groups excluding carboxylic acids is 1. The van der Waals surface area contributed by atoms with Crippen LogP contribution >= 0.6 is 0 Å². The first-order valence-corrected chi connectivity index (χ1v) is 5.80. The minimum absolute atomic E-state index is 0.0839. The number of carbonyl (C=O) groups is 1. The summed E-state index contributed by atoms with van der Waals surface area (Å²) in [5, 5.41) is 14.8. The van der Waals surface area contributed by atoms with Crippen LogP contribution < -0.4 is 10.6 Å². The maximum Gasteiger partial charge on any atom is 0.237 e. The van der Waals surface area contributed by atoms with Gasteiger partial charge in [0.15, 0.2) is 0 Å². The highest BCUT2D eigenvalue weighted by molar-refractivity contribution is 5.82. The minimum Gasteiger partial charge on any atom is -0.355 e. The summed E-state index contributed by atoms with van der Waals surface area (Å²) in [7, 11) is 0. The van der Waals surface area contributed by atoms with Crippen LogP contribution in [0.4, 0.5) is 0 Å². The van der Waals surface area contributed by atoms with Gasteiger partial charge in [0, 0.05) is 13.1 Å². The van der Waals surface area contributed by atoms with Gasteiger partial charge in [-0.2, -0.15) is 5.26 Å². The molecule has 0 aliphatic carbocycles. The molecule has 1 heterocycles. The molecule has 4 heteroatoms. The number of nitriles is 1. The van der Waals surface area contributed by atoms with Gasteiger partial charge in [-0.05, 0) is 30.5 Å². The average Bonchev–Trinajstić information content (AvgIpc) is 2.38. The molecule has 4 nitrogen and oxygen atoms in total. The third kappa shape index (κ3) is 3.05. The smallest absolute Gasteiger partial charge is 0.237 e. The van der Waals surface area contributed by atoms with Crippen molar-refractivity contribution in [3.8, 4) is 6.07 Å². The SMILES string of the molecule is N#Cc1ccc(CNC2CCCNC2=O)cc1. The van der Waals surface area contributed by atoms with Crippen LogP contribution in [0.25, 0.3) is 0 Å². The Morgan fingerprint density at radius 2 is 2.18 bits per heavy atom. The van der Waals surface area contributed by atoms with E-state index in [1.54, 1.807) is 12.1 Å². The highest BCUT2D eigenvalue weighted by atomic mass is 16.2. The summed E-state index contributed by atoms with van der Waals surface area (Å²) in [6, 6.07) is 9.40. The molecule has 0 bridgehead atoms. The molecule has 0 spiro atoms. The van der Waals surface area contributed by atoms with Crippen LogP contribution in [-0.4, -0.2) is 18.5 Å². The highest BCUT2D eigenvalue weighted by Gasteiger charge is 2.20. The largest absolute Gasteiger partial charge is 0.355 e. The van der Waals surface area contributed by atoms with E-state index in [1.807, 2.05) is 12.1 Å². The molecule has 0 aromatic heterocycles. The van der Waals surface area contributed by atoms with E-state index in [0.29, 0.717) is 12.1 Å². The molecule has 1 aromatic rings. The van der Waals surface area contributed by atoms with Crippen molar-refractivity contribution in [2.24, 2.45) is 0 Å². The van der Waals surface area contributed by atoms with Gasteiger partial charge in [-0.15, -0.1) is 0 Å². The quantitative estimate of drug-likeness (QED) is 0.810. The van der Waals surface area contributed by atoms with Gasteiger partial charge in [0.05, 0.1) is 17.7 Å². The minimum atomic E-state index is -0.0839.